The third-order valence-electron chi connectivity index (χ3n) is 4.82. The number of aryl methyl sites for hydroxylation is 1. The number of aromatic nitrogens is 1. The average Bonchev–Trinajstić information content (AvgIpc) is 2.93. The molecule has 2 nitrogen and oxygen atoms in total. The molecule has 1 saturated carbocycles. The normalized spacial score (nSPS) is 29.5. The van der Waals surface area contributed by atoms with Crippen LogP contribution in [-0.2, 0) is 0 Å². The maximum Gasteiger partial charge on any atom is 0.146 e. The van der Waals surface area contributed by atoms with E-state index >= 15 is 0 Å². The average molecular weight is 255 g/mol. The van der Waals surface area contributed by atoms with Gasteiger partial charge in [-0.1, -0.05) is 32.0 Å². The van der Waals surface area contributed by atoms with E-state index in [9.17, 15) is 0 Å². The predicted molar refractivity (Wildman–Crippen MR) is 78.5 cm³/mol. The summed E-state index contributed by atoms with van der Waals surface area (Å²) in [6.45, 7) is 8.77. The van der Waals surface area contributed by atoms with Crippen LogP contribution in [0.1, 0.15) is 39.3 Å². The van der Waals surface area contributed by atoms with E-state index in [4.69, 9.17) is 4.74 Å². The Morgan fingerprint density at radius 2 is 2.00 bits per heavy atom. The predicted octanol–water partition coefficient (Wildman–Crippen LogP) is 4.50. The zero-order valence-corrected chi connectivity index (χ0v) is 12.2. The highest BCUT2D eigenvalue weighted by atomic mass is 16.5. The Kier molecular flexibility index (Phi) is 2.60. The van der Waals surface area contributed by atoms with Crippen molar-refractivity contribution in [2.75, 3.05) is 0 Å². The molecule has 19 heavy (non-hydrogen) atoms. The van der Waals surface area contributed by atoms with Crippen molar-refractivity contribution >= 4 is 10.9 Å². The highest BCUT2D eigenvalue weighted by Gasteiger charge is 2.62. The summed E-state index contributed by atoms with van der Waals surface area (Å²) in [6.07, 6.45) is 2.28. The summed E-state index contributed by atoms with van der Waals surface area (Å²) in [6, 6.07) is 10.3. The molecule has 1 heterocycles. The first-order valence-corrected chi connectivity index (χ1v) is 7.03. The van der Waals surface area contributed by atoms with Gasteiger partial charge in [-0.15, -0.1) is 0 Å². The van der Waals surface area contributed by atoms with Crippen molar-refractivity contribution < 1.29 is 4.74 Å². The van der Waals surface area contributed by atoms with E-state index in [-0.39, 0.29) is 5.60 Å². The van der Waals surface area contributed by atoms with Gasteiger partial charge in [0.05, 0.1) is 0 Å². The van der Waals surface area contributed by atoms with Gasteiger partial charge in [-0.3, -0.25) is 0 Å². The van der Waals surface area contributed by atoms with Crippen LogP contribution in [0.25, 0.3) is 10.9 Å². The van der Waals surface area contributed by atoms with Crippen molar-refractivity contribution in [1.29, 1.82) is 0 Å². The zero-order valence-electron chi connectivity index (χ0n) is 12.2. The monoisotopic (exact) mass is 255 g/mol. The summed E-state index contributed by atoms with van der Waals surface area (Å²) in [5.74, 6) is 0.917. The van der Waals surface area contributed by atoms with E-state index < -0.39 is 0 Å². The fourth-order valence-corrected chi connectivity index (χ4v) is 2.90. The summed E-state index contributed by atoms with van der Waals surface area (Å²) in [7, 11) is 0. The van der Waals surface area contributed by atoms with Crippen molar-refractivity contribution in [2.45, 2.75) is 46.1 Å². The Morgan fingerprint density at radius 1 is 1.21 bits per heavy atom. The van der Waals surface area contributed by atoms with Crippen LogP contribution in [0.5, 0.6) is 5.75 Å². The molecule has 0 spiro atoms. The minimum atomic E-state index is -0.0402. The minimum absolute atomic E-state index is 0.0402. The molecule has 2 atom stereocenters. The number of ether oxygens (including phenoxy) is 1. The number of benzene rings is 1. The lowest BCUT2D eigenvalue weighted by molar-refractivity contribution is 0.150. The molecule has 0 amide bonds. The van der Waals surface area contributed by atoms with Crippen LogP contribution in [0, 0.1) is 12.3 Å². The molecule has 0 N–H and O–H groups in total. The number of para-hydroxylation sites is 1. The van der Waals surface area contributed by atoms with Crippen molar-refractivity contribution in [3.63, 3.8) is 0 Å². The van der Waals surface area contributed by atoms with E-state index in [2.05, 4.69) is 37.9 Å². The van der Waals surface area contributed by atoms with E-state index in [1.54, 1.807) is 0 Å². The summed E-state index contributed by atoms with van der Waals surface area (Å²) in [5.41, 5.74) is 2.28. The van der Waals surface area contributed by atoms with Gasteiger partial charge in [-0.2, -0.15) is 0 Å². The van der Waals surface area contributed by atoms with Gasteiger partial charge in [0.1, 0.15) is 16.9 Å². The van der Waals surface area contributed by atoms with E-state index in [1.807, 2.05) is 25.1 Å². The van der Waals surface area contributed by atoms with Crippen molar-refractivity contribution in [3.8, 4) is 5.75 Å². The molecular formula is C17H21NO. The smallest absolute Gasteiger partial charge is 0.146 e. The van der Waals surface area contributed by atoms with Crippen LogP contribution in [0.4, 0.5) is 0 Å². The van der Waals surface area contributed by atoms with Crippen molar-refractivity contribution in [1.82, 2.24) is 4.98 Å². The van der Waals surface area contributed by atoms with Gasteiger partial charge >= 0.3 is 0 Å². The molecule has 100 valence electrons. The fourth-order valence-electron chi connectivity index (χ4n) is 2.90. The third-order valence-corrected chi connectivity index (χ3v) is 4.82. The van der Waals surface area contributed by atoms with Gasteiger partial charge in [-0.25, -0.2) is 4.98 Å². The molecule has 1 aliphatic carbocycles. The molecular weight excluding hydrogens is 234 g/mol. The summed E-state index contributed by atoms with van der Waals surface area (Å²) in [4.78, 5) is 4.64. The number of hydrogen-bond acceptors (Lipinski definition) is 2. The number of fused-ring (bicyclic) bond motifs is 1. The van der Waals surface area contributed by atoms with Gasteiger partial charge < -0.3 is 4.74 Å². The molecule has 2 aromatic rings. The number of hydrogen-bond donors (Lipinski definition) is 0. The lowest BCUT2D eigenvalue weighted by Gasteiger charge is -2.20. The second kappa shape index (κ2) is 3.96. The molecule has 0 saturated heterocycles. The molecule has 2 heteroatoms. The third kappa shape index (κ3) is 1.90. The van der Waals surface area contributed by atoms with Gasteiger partial charge in [0.2, 0.25) is 0 Å². The first-order chi connectivity index (χ1) is 8.97. The molecule has 3 rings (SSSR count). The molecule has 1 aromatic heterocycles. The molecule has 1 fully saturated rings. The Bertz CT molecular complexity index is 636. The first-order valence-electron chi connectivity index (χ1n) is 7.03. The molecule has 0 radical (unpaired) electrons. The lowest BCUT2D eigenvalue weighted by Crippen LogP contribution is -2.21. The lowest BCUT2D eigenvalue weighted by atomic mass is 10.0. The Morgan fingerprint density at radius 3 is 2.68 bits per heavy atom. The van der Waals surface area contributed by atoms with Crippen LogP contribution in [0.3, 0.4) is 0 Å². The summed E-state index contributed by atoms with van der Waals surface area (Å²) >= 11 is 0. The Balaban J connectivity index is 2.00. The van der Waals surface area contributed by atoms with Crippen molar-refractivity contribution in [3.05, 3.63) is 36.0 Å². The maximum atomic E-state index is 6.33. The van der Waals surface area contributed by atoms with E-state index in [0.29, 0.717) is 5.41 Å². The highest BCUT2D eigenvalue weighted by molar-refractivity contribution is 5.84. The number of rotatable bonds is 3. The van der Waals surface area contributed by atoms with Crippen LogP contribution in [0.2, 0.25) is 0 Å². The van der Waals surface area contributed by atoms with Crippen molar-refractivity contribution in [2.24, 2.45) is 5.41 Å². The van der Waals surface area contributed by atoms with Gasteiger partial charge in [0, 0.05) is 16.5 Å². The minimum Gasteiger partial charge on any atom is -0.485 e. The van der Waals surface area contributed by atoms with Gasteiger partial charge in [-0.05, 0) is 38.8 Å². The largest absolute Gasteiger partial charge is 0.485 e. The number of pyridine rings is 1. The highest BCUT2D eigenvalue weighted by Crippen LogP contribution is 2.60. The molecule has 1 aromatic carbocycles. The second-order valence-corrected chi connectivity index (χ2v) is 6.20. The quantitative estimate of drug-likeness (QED) is 0.805. The fraction of sp³-hybridized carbons (Fsp3) is 0.471. The van der Waals surface area contributed by atoms with Crippen LogP contribution >= 0.6 is 0 Å². The molecule has 1 unspecified atom stereocenters. The SMILES string of the molecule is CC[C@]1(C)CC1(C)Oc1cccc2ccc(C)nc12. The van der Waals surface area contributed by atoms with E-state index in [1.165, 1.54) is 0 Å². The molecule has 1 aliphatic rings. The molecule has 0 aliphatic heterocycles. The topological polar surface area (TPSA) is 22.1 Å². The second-order valence-electron chi connectivity index (χ2n) is 6.20. The Hall–Kier alpha value is -1.57. The number of nitrogens with zero attached hydrogens (tertiary/aromatic N) is 1. The molecule has 0 bridgehead atoms. The summed E-state index contributed by atoms with van der Waals surface area (Å²) in [5, 5.41) is 1.14. The van der Waals surface area contributed by atoms with Crippen LogP contribution in [-0.4, -0.2) is 10.6 Å². The first kappa shape index (κ1) is 12.5. The van der Waals surface area contributed by atoms with Crippen LogP contribution < -0.4 is 4.74 Å². The van der Waals surface area contributed by atoms with Gasteiger partial charge in [0.15, 0.2) is 0 Å². The van der Waals surface area contributed by atoms with Gasteiger partial charge in [0.25, 0.3) is 0 Å². The van der Waals surface area contributed by atoms with Crippen LogP contribution in [0.15, 0.2) is 30.3 Å². The summed E-state index contributed by atoms with van der Waals surface area (Å²) < 4.78 is 6.33. The van der Waals surface area contributed by atoms with E-state index in [0.717, 1.165) is 35.2 Å². The zero-order chi connectivity index (χ0) is 13.7. The standard InChI is InChI=1S/C17H21NO/c1-5-16(3)11-17(16,4)19-14-8-6-7-13-10-9-12(2)18-15(13)14/h6-10H,5,11H2,1-4H3/t16-,17?/m1/s1. The maximum absolute atomic E-state index is 6.33. The Labute approximate surface area is 114 Å².